The number of furan rings is 1. The molecule has 0 aliphatic heterocycles. The summed E-state index contributed by atoms with van der Waals surface area (Å²) in [7, 11) is 4.88. The van der Waals surface area contributed by atoms with Crippen LogP contribution in [0.4, 0.5) is 0 Å². The Morgan fingerprint density at radius 2 is 2.00 bits per heavy atom. The number of ether oxygens (including phenoxy) is 2. The number of benzene rings is 1. The van der Waals surface area contributed by atoms with Crippen LogP contribution >= 0.6 is 0 Å². The highest BCUT2D eigenvalue weighted by molar-refractivity contribution is 6.07. The average Bonchev–Trinajstić information content (AvgIpc) is 2.98. The quantitative estimate of drug-likeness (QED) is 0.664. The van der Waals surface area contributed by atoms with Gasteiger partial charge in [-0.25, -0.2) is 4.79 Å². The molecular weight excluding hydrogens is 246 g/mol. The molecule has 0 N–H and O–H groups in total. The van der Waals surface area contributed by atoms with Gasteiger partial charge in [0.1, 0.15) is 5.75 Å². The molecule has 1 aromatic carbocycles. The van der Waals surface area contributed by atoms with Crippen molar-refractivity contribution in [2.24, 2.45) is 7.05 Å². The molecule has 0 amide bonds. The van der Waals surface area contributed by atoms with Crippen LogP contribution in [0.2, 0.25) is 0 Å². The molecule has 3 aromatic rings. The Labute approximate surface area is 109 Å². The van der Waals surface area contributed by atoms with E-state index in [-0.39, 0.29) is 5.76 Å². The van der Waals surface area contributed by atoms with Gasteiger partial charge in [0.05, 0.1) is 25.3 Å². The number of rotatable bonds is 2. The van der Waals surface area contributed by atoms with Crippen LogP contribution in [0.5, 0.6) is 5.75 Å². The highest BCUT2D eigenvalue weighted by atomic mass is 16.5. The van der Waals surface area contributed by atoms with Crippen LogP contribution < -0.4 is 4.74 Å². The van der Waals surface area contributed by atoms with Gasteiger partial charge in [-0.2, -0.15) is 0 Å². The van der Waals surface area contributed by atoms with Gasteiger partial charge in [-0.1, -0.05) is 0 Å². The standard InChI is InChI=1S/C14H13NO4/c1-15-10-6-8(17-2)4-5-9(10)13-11(15)7-12(19-13)14(16)18-3/h4-7H,1-3H3. The molecule has 0 fully saturated rings. The molecule has 3 rings (SSSR count). The van der Waals surface area contributed by atoms with E-state index in [9.17, 15) is 4.79 Å². The molecule has 5 heteroatoms. The molecule has 0 saturated carbocycles. The lowest BCUT2D eigenvalue weighted by molar-refractivity contribution is 0.0568. The molecular formula is C14H13NO4. The fraction of sp³-hybridized carbons (Fsp3) is 0.214. The molecule has 98 valence electrons. The zero-order valence-electron chi connectivity index (χ0n) is 10.9. The second-order valence-corrected chi connectivity index (χ2v) is 4.26. The third-order valence-electron chi connectivity index (χ3n) is 3.27. The van der Waals surface area contributed by atoms with Crippen LogP contribution in [0.15, 0.2) is 28.7 Å². The SMILES string of the molecule is COC(=O)c1cc2c(o1)c1ccc(OC)cc1n2C. The van der Waals surface area contributed by atoms with Crippen molar-refractivity contribution in [1.29, 1.82) is 0 Å². The third kappa shape index (κ3) is 1.58. The summed E-state index contributed by atoms with van der Waals surface area (Å²) >= 11 is 0. The second-order valence-electron chi connectivity index (χ2n) is 4.26. The molecule has 0 saturated heterocycles. The molecule has 0 aliphatic rings. The lowest BCUT2D eigenvalue weighted by Crippen LogP contribution is -1.98. The number of methoxy groups -OCH3 is 2. The van der Waals surface area contributed by atoms with E-state index in [1.165, 1.54) is 7.11 Å². The van der Waals surface area contributed by atoms with E-state index in [0.717, 1.165) is 22.2 Å². The summed E-state index contributed by atoms with van der Waals surface area (Å²) in [6, 6.07) is 7.40. The minimum Gasteiger partial charge on any atom is -0.497 e. The second kappa shape index (κ2) is 4.05. The van der Waals surface area contributed by atoms with E-state index >= 15 is 0 Å². The molecule has 0 bridgehead atoms. The number of carbonyl (C=O) groups excluding carboxylic acids is 1. The van der Waals surface area contributed by atoms with Crippen molar-refractivity contribution >= 4 is 28.0 Å². The van der Waals surface area contributed by atoms with E-state index in [0.29, 0.717) is 5.58 Å². The minimum absolute atomic E-state index is 0.209. The number of fused-ring (bicyclic) bond motifs is 3. The number of hydrogen-bond donors (Lipinski definition) is 0. The lowest BCUT2D eigenvalue weighted by atomic mass is 10.2. The van der Waals surface area contributed by atoms with E-state index in [4.69, 9.17) is 9.15 Å². The molecule has 0 aliphatic carbocycles. The monoisotopic (exact) mass is 259 g/mol. The van der Waals surface area contributed by atoms with Crippen molar-refractivity contribution in [3.8, 4) is 5.75 Å². The van der Waals surface area contributed by atoms with Crippen LogP contribution in [0.25, 0.3) is 22.0 Å². The maximum atomic E-state index is 11.5. The van der Waals surface area contributed by atoms with Gasteiger partial charge in [-0.15, -0.1) is 0 Å². The molecule has 0 spiro atoms. The van der Waals surface area contributed by atoms with Crippen molar-refractivity contribution in [3.05, 3.63) is 30.0 Å². The average molecular weight is 259 g/mol. The smallest absolute Gasteiger partial charge is 0.374 e. The Morgan fingerprint density at radius 3 is 2.68 bits per heavy atom. The number of hydrogen-bond acceptors (Lipinski definition) is 4. The lowest BCUT2D eigenvalue weighted by Gasteiger charge is -2.01. The fourth-order valence-electron chi connectivity index (χ4n) is 2.26. The van der Waals surface area contributed by atoms with E-state index in [1.54, 1.807) is 13.2 Å². The molecule has 0 unspecified atom stereocenters. The largest absolute Gasteiger partial charge is 0.497 e. The molecule has 0 atom stereocenters. The summed E-state index contributed by atoms with van der Waals surface area (Å²) in [5.41, 5.74) is 2.52. The molecule has 0 radical (unpaired) electrons. The number of carbonyl (C=O) groups is 1. The normalized spacial score (nSPS) is 11.1. The van der Waals surface area contributed by atoms with Gasteiger partial charge in [-0.05, 0) is 12.1 Å². The van der Waals surface area contributed by atoms with Gasteiger partial charge in [0, 0.05) is 24.6 Å². The van der Waals surface area contributed by atoms with Crippen LogP contribution in [0, 0.1) is 0 Å². The topological polar surface area (TPSA) is 53.6 Å². The number of esters is 1. The first-order valence-corrected chi connectivity index (χ1v) is 5.80. The number of aromatic nitrogens is 1. The van der Waals surface area contributed by atoms with Gasteiger partial charge >= 0.3 is 5.97 Å². The number of aryl methyl sites for hydroxylation is 1. The Hall–Kier alpha value is -2.43. The van der Waals surface area contributed by atoms with Crippen molar-refractivity contribution in [2.45, 2.75) is 0 Å². The Morgan fingerprint density at radius 1 is 1.21 bits per heavy atom. The van der Waals surface area contributed by atoms with Gasteiger partial charge in [-0.3, -0.25) is 0 Å². The van der Waals surface area contributed by atoms with Crippen LogP contribution in [0.1, 0.15) is 10.6 Å². The summed E-state index contributed by atoms with van der Waals surface area (Å²) in [5, 5.41) is 0.938. The highest BCUT2D eigenvalue weighted by Crippen LogP contribution is 2.32. The zero-order chi connectivity index (χ0) is 13.6. The molecule has 2 aromatic heterocycles. The Kier molecular flexibility index (Phi) is 2.48. The molecule has 19 heavy (non-hydrogen) atoms. The summed E-state index contributed by atoms with van der Waals surface area (Å²) in [6.07, 6.45) is 0. The van der Waals surface area contributed by atoms with Crippen LogP contribution in [0.3, 0.4) is 0 Å². The summed E-state index contributed by atoms with van der Waals surface area (Å²) in [4.78, 5) is 11.5. The van der Waals surface area contributed by atoms with Gasteiger partial charge in [0.25, 0.3) is 0 Å². The zero-order valence-corrected chi connectivity index (χ0v) is 10.9. The minimum atomic E-state index is -0.474. The fourth-order valence-corrected chi connectivity index (χ4v) is 2.26. The van der Waals surface area contributed by atoms with E-state index < -0.39 is 5.97 Å². The number of nitrogens with zero attached hydrogens (tertiary/aromatic N) is 1. The Balaban J connectivity index is 2.31. The van der Waals surface area contributed by atoms with Crippen molar-refractivity contribution in [1.82, 2.24) is 4.57 Å². The molecule has 5 nitrogen and oxygen atoms in total. The summed E-state index contributed by atoms with van der Waals surface area (Å²) < 4.78 is 17.4. The predicted octanol–water partition coefficient (Wildman–Crippen LogP) is 2.72. The summed E-state index contributed by atoms with van der Waals surface area (Å²) in [6.45, 7) is 0. The maximum absolute atomic E-state index is 11.5. The van der Waals surface area contributed by atoms with Crippen molar-refractivity contribution < 1.29 is 18.7 Å². The van der Waals surface area contributed by atoms with E-state index in [1.807, 2.05) is 29.8 Å². The Bertz CT molecular complexity index is 782. The highest BCUT2D eigenvalue weighted by Gasteiger charge is 2.18. The predicted molar refractivity (Wildman–Crippen MR) is 70.6 cm³/mol. The van der Waals surface area contributed by atoms with Crippen LogP contribution in [-0.4, -0.2) is 24.8 Å². The maximum Gasteiger partial charge on any atom is 0.374 e. The first-order chi connectivity index (χ1) is 9.15. The summed E-state index contributed by atoms with van der Waals surface area (Å²) in [5.74, 6) is 0.516. The van der Waals surface area contributed by atoms with Gasteiger partial charge in [0.15, 0.2) is 5.58 Å². The van der Waals surface area contributed by atoms with Crippen molar-refractivity contribution in [2.75, 3.05) is 14.2 Å². The van der Waals surface area contributed by atoms with Crippen LogP contribution in [-0.2, 0) is 11.8 Å². The van der Waals surface area contributed by atoms with Gasteiger partial charge < -0.3 is 18.5 Å². The third-order valence-corrected chi connectivity index (χ3v) is 3.27. The van der Waals surface area contributed by atoms with Gasteiger partial charge in [0.2, 0.25) is 5.76 Å². The van der Waals surface area contributed by atoms with E-state index in [2.05, 4.69) is 4.74 Å². The first-order valence-electron chi connectivity index (χ1n) is 5.80. The first kappa shape index (κ1) is 11.6. The molecule has 2 heterocycles. The van der Waals surface area contributed by atoms with Crippen molar-refractivity contribution in [3.63, 3.8) is 0 Å².